The van der Waals surface area contributed by atoms with E-state index in [-0.39, 0.29) is 11.5 Å². The second kappa shape index (κ2) is 7.61. The Morgan fingerprint density at radius 3 is 2.32 bits per heavy atom. The van der Waals surface area contributed by atoms with Crippen molar-refractivity contribution >= 4 is 5.91 Å². The zero-order chi connectivity index (χ0) is 17.8. The molecule has 0 radical (unpaired) electrons. The summed E-state index contributed by atoms with van der Waals surface area (Å²) in [7, 11) is 1.66. The highest BCUT2D eigenvalue weighted by Crippen LogP contribution is 2.16. The van der Waals surface area contributed by atoms with Crippen LogP contribution < -0.4 is 5.56 Å². The summed E-state index contributed by atoms with van der Waals surface area (Å²) in [5.74, 6) is 0.169. The summed E-state index contributed by atoms with van der Waals surface area (Å²) in [5.41, 5.74) is 2.98. The smallest absolute Gasteiger partial charge is 0.266 e. The summed E-state index contributed by atoms with van der Waals surface area (Å²) in [6.07, 6.45) is 0.987. The first-order chi connectivity index (χ1) is 12.0. The topological polar surface area (TPSA) is 58.4 Å². The van der Waals surface area contributed by atoms with Gasteiger partial charge in [-0.1, -0.05) is 24.3 Å². The molecule has 0 unspecified atom stereocenters. The van der Waals surface area contributed by atoms with Gasteiger partial charge < -0.3 is 4.90 Å². The lowest BCUT2D eigenvalue weighted by Crippen LogP contribution is -2.48. The monoisotopic (exact) mass is 340 g/mol. The number of nitrogens with zero attached hydrogens (tertiary/aromatic N) is 4. The maximum Gasteiger partial charge on any atom is 0.266 e. The lowest BCUT2D eigenvalue weighted by molar-refractivity contribution is -0.130. The molecule has 6 heteroatoms. The van der Waals surface area contributed by atoms with Crippen LogP contribution in [0.4, 0.5) is 0 Å². The summed E-state index contributed by atoms with van der Waals surface area (Å²) in [4.78, 5) is 27.1. The number of rotatable bonds is 4. The third-order valence-corrected chi connectivity index (χ3v) is 4.74. The van der Waals surface area contributed by atoms with Crippen LogP contribution in [0.15, 0.2) is 41.2 Å². The summed E-state index contributed by atoms with van der Waals surface area (Å²) < 4.78 is 1.35. The molecule has 1 saturated heterocycles. The van der Waals surface area contributed by atoms with Crippen LogP contribution in [0.3, 0.4) is 0 Å². The van der Waals surface area contributed by atoms with Crippen LogP contribution in [-0.4, -0.2) is 58.2 Å². The number of carbonyl (C=O) groups is 1. The van der Waals surface area contributed by atoms with Crippen molar-refractivity contribution in [3.8, 4) is 11.3 Å². The van der Waals surface area contributed by atoms with Crippen LogP contribution in [0.5, 0.6) is 0 Å². The Morgan fingerprint density at radius 1 is 1.04 bits per heavy atom. The quantitative estimate of drug-likeness (QED) is 0.838. The fraction of sp³-hybridized carbons (Fsp3) is 0.421. The molecule has 1 aromatic carbocycles. The first-order valence-electron chi connectivity index (χ1n) is 8.64. The van der Waals surface area contributed by atoms with E-state index in [0.717, 1.165) is 50.4 Å². The molecule has 0 saturated carbocycles. The molecule has 0 bridgehead atoms. The lowest BCUT2D eigenvalue weighted by Gasteiger charge is -2.34. The maximum atomic E-state index is 11.4. The van der Waals surface area contributed by atoms with Crippen molar-refractivity contribution in [2.45, 2.75) is 13.3 Å². The van der Waals surface area contributed by atoms with E-state index in [0.29, 0.717) is 0 Å². The van der Waals surface area contributed by atoms with Gasteiger partial charge in [0, 0.05) is 58.3 Å². The van der Waals surface area contributed by atoms with E-state index in [1.165, 1.54) is 16.3 Å². The number of aromatic nitrogens is 2. The standard InChI is InChI=1S/C19H24N4O2/c1-15(24)23-13-11-22(12-14-23)10-9-16-3-5-17(6-4-16)18-7-8-19(25)21(2)20-18/h3-8H,9-14H2,1-2H3. The molecular formula is C19H24N4O2. The van der Waals surface area contributed by atoms with Crippen molar-refractivity contribution in [1.29, 1.82) is 0 Å². The zero-order valence-electron chi connectivity index (χ0n) is 14.8. The lowest BCUT2D eigenvalue weighted by atomic mass is 10.1. The molecule has 3 rings (SSSR count). The van der Waals surface area contributed by atoms with E-state index in [9.17, 15) is 9.59 Å². The SMILES string of the molecule is CC(=O)N1CCN(CCc2ccc(-c3ccc(=O)n(C)n3)cc2)CC1. The average Bonchev–Trinajstić information content (AvgIpc) is 2.63. The fourth-order valence-electron chi connectivity index (χ4n) is 3.07. The van der Waals surface area contributed by atoms with Gasteiger partial charge >= 0.3 is 0 Å². The molecule has 132 valence electrons. The molecule has 0 N–H and O–H groups in total. The maximum absolute atomic E-state index is 11.4. The summed E-state index contributed by atoms with van der Waals surface area (Å²) >= 11 is 0. The first kappa shape index (κ1) is 17.4. The van der Waals surface area contributed by atoms with Gasteiger partial charge in [0.05, 0.1) is 5.69 Å². The summed E-state index contributed by atoms with van der Waals surface area (Å²) in [5, 5.41) is 4.28. The van der Waals surface area contributed by atoms with Gasteiger partial charge in [-0.15, -0.1) is 0 Å². The predicted molar refractivity (Wildman–Crippen MR) is 97.3 cm³/mol. The van der Waals surface area contributed by atoms with Crippen molar-refractivity contribution in [3.63, 3.8) is 0 Å². The Kier molecular flexibility index (Phi) is 5.28. The van der Waals surface area contributed by atoms with E-state index in [1.807, 2.05) is 4.90 Å². The van der Waals surface area contributed by atoms with Crippen molar-refractivity contribution in [2.24, 2.45) is 7.05 Å². The van der Waals surface area contributed by atoms with Crippen molar-refractivity contribution < 1.29 is 4.79 Å². The molecule has 25 heavy (non-hydrogen) atoms. The molecule has 2 heterocycles. The number of hydrogen-bond donors (Lipinski definition) is 0. The highest BCUT2D eigenvalue weighted by molar-refractivity contribution is 5.73. The first-order valence-corrected chi connectivity index (χ1v) is 8.64. The highest BCUT2D eigenvalue weighted by Gasteiger charge is 2.17. The molecule has 1 aliphatic rings. The number of carbonyl (C=O) groups excluding carboxylic acids is 1. The number of benzene rings is 1. The highest BCUT2D eigenvalue weighted by atomic mass is 16.2. The summed E-state index contributed by atoms with van der Waals surface area (Å²) in [6, 6.07) is 11.6. The van der Waals surface area contributed by atoms with Crippen LogP contribution in [-0.2, 0) is 18.3 Å². The van der Waals surface area contributed by atoms with Gasteiger partial charge in [0.1, 0.15) is 0 Å². The molecule has 0 spiro atoms. The van der Waals surface area contributed by atoms with E-state index in [2.05, 4.69) is 34.3 Å². The number of amides is 1. The van der Waals surface area contributed by atoms with E-state index < -0.39 is 0 Å². The summed E-state index contributed by atoms with van der Waals surface area (Å²) in [6.45, 7) is 6.18. The molecule has 6 nitrogen and oxygen atoms in total. The second-order valence-corrected chi connectivity index (χ2v) is 6.48. The Morgan fingerprint density at radius 2 is 1.72 bits per heavy atom. The van der Waals surface area contributed by atoms with Crippen molar-refractivity contribution in [2.75, 3.05) is 32.7 Å². The van der Waals surface area contributed by atoms with Crippen LogP contribution in [0.25, 0.3) is 11.3 Å². The van der Waals surface area contributed by atoms with Gasteiger partial charge in [0.15, 0.2) is 0 Å². The second-order valence-electron chi connectivity index (χ2n) is 6.48. The number of piperazine rings is 1. The van der Waals surface area contributed by atoms with E-state index >= 15 is 0 Å². The van der Waals surface area contributed by atoms with Gasteiger partial charge in [-0.05, 0) is 18.1 Å². The normalized spacial score (nSPS) is 15.4. The minimum atomic E-state index is -0.106. The Balaban J connectivity index is 1.55. The molecule has 2 aromatic rings. The molecule has 1 aromatic heterocycles. The van der Waals surface area contributed by atoms with Gasteiger partial charge in [-0.2, -0.15) is 5.10 Å². The Hall–Kier alpha value is -2.47. The largest absolute Gasteiger partial charge is 0.340 e. The minimum absolute atomic E-state index is 0.106. The van der Waals surface area contributed by atoms with E-state index in [4.69, 9.17) is 0 Å². The Labute approximate surface area is 147 Å². The third kappa shape index (κ3) is 4.33. The molecule has 1 aliphatic heterocycles. The van der Waals surface area contributed by atoms with Gasteiger partial charge in [0.25, 0.3) is 5.56 Å². The van der Waals surface area contributed by atoms with Crippen molar-refractivity contribution in [3.05, 3.63) is 52.3 Å². The number of hydrogen-bond acceptors (Lipinski definition) is 4. The molecule has 1 fully saturated rings. The van der Waals surface area contributed by atoms with Crippen LogP contribution in [0.2, 0.25) is 0 Å². The molecule has 1 amide bonds. The van der Waals surface area contributed by atoms with Gasteiger partial charge in [0.2, 0.25) is 5.91 Å². The average molecular weight is 340 g/mol. The minimum Gasteiger partial charge on any atom is -0.340 e. The Bertz CT molecular complexity index is 790. The van der Waals surface area contributed by atoms with Crippen LogP contribution in [0, 0.1) is 0 Å². The van der Waals surface area contributed by atoms with Gasteiger partial charge in [-0.25, -0.2) is 4.68 Å². The number of aryl methyl sites for hydroxylation is 1. The van der Waals surface area contributed by atoms with Crippen molar-refractivity contribution in [1.82, 2.24) is 19.6 Å². The zero-order valence-corrected chi connectivity index (χ0v) is 14.8. The third-order valence-electron chi connectivity index (χ3n) is 4.74. The molecular weight excluding hydrogens is 316 g/mol. The molecule has 0 atom stereocenters. The predicted octanol–water partition coefficient (Wildman–Crippen LogP) is 1.15. The van der Waals surface area contributed by atoms with Gasteiger partial charge in [-0.3, -0.25) is 14.5 Å². The van der Waals surface area contributed by atoms with Crippen LogP contribution >= 0.6 is 0 Å². The molecule has 0 aliphatic carbocycles. The van der Waals surface area contributed by atoms with Crippen LogP contribution in [0.1, 0.15) is 12.5 Å². The van der Waals surface area contributed by atoms with E-state index in [1.54, 1.807) is 20.0 Å². The fourth-order valence-corrected chi connectivity index (χ4v) is 3.07.